The van der Waals surface area contributed by atoms with Crippen LogP contribution in [0.2, 0.25) is 0 Å². The van der Waals surface area contributed by atoms with Crippen molar-refractivity contribution in [1.82, 2.24) is 0 Å². The second kappa shape index (κ2) is 10.6. The number of hydrogen-bond donors (Lipinski definition) is 0. The fraction of sp³-hybridized carbons (Fsp3) is 0.458. The van der Waals surface area contributed by atoms with Crippen LogP contribution in [0.3, 0.4) is 0 Å². The third-order valence-corrected chi connectivity index (χ3v) is 6.38. The number of halogens is 1. The van der Waals surface area contributed by atoms with Crippen molar-refractivity contribution >= 4 is 40.0 Å². The number of methoxy groups -OCH3 is 2. The molecule has 1 saturated heterocycles. The van der Waals surface area contributed by atoms with Crippen molar-refractivity contribution in [2.45, 2.75) is 58.0 Å². The van der Waals surface area contributed by atoms with Crippen LogP contribution in [-0.4, -0.2) is 32.8 Å². The van der Waals surface area contributed by atoms with Crippen LogP contribution in [0, 0.1) is 0 Å². The van der Waals surface area contributed by atoms with Gasteiger partial charge in [-0.1, -0.05) is 73.7 Å². The second-order valence-corrected chi connectivity index (χ2v) is 8.83. The highest BCUT2D eigenvalue weighted by atomic mass is 79.9. The van der Waals surface area contributed by atoms with E-state index in [-0.39, 0.29) is 5.91 Å². The molecule has 0 spiro atoms. The molecule has 1 amide bonds. The Morgan fingerprint density at radius 1 is 0.968 bits per heavy atom. The molecule has 0 atom stereocenters. The SMILES string of the molecule is CCCCC1(CCCC)OB(c2ccc(Br)cc2)N(c2c(OC)cccc2OC)C1=O. The first-order valence-electron chi connectivity index (χ1n) is 11.0. The van der Waals surface area contributed by atoms with E-state index in [1.165, 1.54) is 0 Å². The topological polar surface area (TPSA) is 48.0 Å². The zero-order valence-corrected chi connectivity index (χ0v) is 20.4. The molecule has 1 fully saturated rings. The number of carbonyl (C=O) groups excluding carboxylic acids is 1. The number of hydrogen-bond acceptors (Lipinski definition) is 4. The summed E-state index contributed by atoms with van der Waals surface area (Å²) in [7, 11) is 2.66. The summed E-state index contributed by atoms with van der Waals surface area (Å²) in [5, 5.41) is 0. The first-order chi connectivity index (χ1) is 15.0. The van der Waals surface area contributed by atoms with Crippen molar-refractivity contribution in [3.8, 4) is 11.5 Å². The normalized spacial score (nSPS) is 15.5. The van der Waals surface area contributed by atoms with Gasteiger partial charge in [0.1, 0.15) is 22.8 Å². The summed E-state index contributed by atoms with van der Waals surface area (Å²) in [6.07, 6.45) is 5.27. The van der Waals surface area contributed by atoms with Crippen molar-refractivity contribution in [1.29, 1.82) is 0 Å². The lowest BCUT2D eigenvalue weighted by atomic mass is 9.71. The number of benzene rings is 2. The minimum atomic E-state index is -0.852. The van der Waals surface area contributed by atoms with Crippen molar-refractivity contribution in [2.24, 2.45) is 0 Å². The van der Waals surface area contributed by atoms with E-state index < -0.39 is 12.7 Å². The van der Waals surface area contributed by atoms with E-state index in [9.17, 15) is 4.79 Å². The van der Waals surface area contributed by atoms with E-state index in [1.807, 2.05) is 42.5 Å². The molecule has 1 aliphatic rings. The number of nitrogens with zero attached hydrogens (tertiary/aromatic N) is 1. The third-order valence-electron chi connectivity index (χ3n) is 5.85. The number of amides is 1. The number of para-hydroxylation sites is 1. The van der Waals surface area contributed by atoms with Crippen LogP contribution in [-0.2, 0) is 9.45 Å². The molecule has 0 unspecified atom stereocenters. The standard InChI is InChI=1S/C24H31BBrNO4/c1-5-7-16-24(17-8-6-2)23(28)27(22-20(29-3)10-9-11-21(22)30-4)25(31-24)18-12-14-19(26)15-13-18/h9-15H,5-8,16-17H2,1-4H3. The number of carbonyl (C=O) groups is 1. The van der Waals surface area contributed by atoms with Gasteiger partial charge in [0.2, 0.25) is 5.91 Å². The van der Waals surface area contributed by atoms with Gasteiger partial charge in [0.05, 0.1) is 14.2 Å². The summed E-state index contributed by atoms with van der Waals surface area (Å²) < 4.78 is 19.0. The van der Waals surface area contributed by atoms with E-state index in [2.05, 4.69) is 29.8 Å². The predicted octanol–water partition coefficient (Wildman–Crippen LogP) is 5.34. The largest absolute Gasteiger partial charge is 0.494 e. The van der Waals surface area contributed by atoms with Crippen molar-refractivity contribution in [2.75, 3.05) is 19.0 Å². The van der Waals surface area contributed by atoms with Gasteiger partial charge >= 0.3 is 7.05 Å². The fourth-order valence-electron chi connectivity index (χ4n) is 4.16. The lowest BCUT2D eigenvalue weighted by Gasteiger charge is -2.28. The molecule has 0 bridgehead atoms. The minimum Gasteiger partial charge on any atom is -0.494 e. The summed E-state index contributed by atoms with van der Waals surface area (Å²) in [4.78, 5) is 15.8. The van der Waals surface area contributed by atoms with Gasteiger partial charge in [-0.25, -0.2) is 0 Å². The van der Waals surface area contributed by atoms with Crippen molar-refractivity contribution < 1.29 is 18.9 Å². The van der Waals surface area contributed by atoms with Crippen LogP contribution in [0.25, 0.3) is 0 Å². The lowest BCUT2D eigenvalue weighted by Crippen LogP contribution is -2.47. The average Bonchev–Trinajstić information content (AvgIpc) is 3.08. The summed E-state index contributed by atoms with van der Waals surface area (Å²) in [5.41, 5.74) is 0.676. The van der Waals surface area contributed by atoms with Crippen LogP contribution >= 0.6 is 15.9 Å². The van der Waals surface area contributed by atoms with Gasteiger partial charge in [0.25, 0.3) is 0 Å². The second-order valence-electron chi connectivity index (χ2n) is 7.91. The van der Waals surface area contributed by atoms with Crippen LogP contribution in [0.5, 0.6) is 11.5 Å². The van der Waals surface area contributed by atoms with Gasteiger partial charge in [-0.15, -0.1) is 0 Å². The molecule has 0 aliphatic carbocycles. The molecule has 0 N–H and O–H groups in total. The zero-order valence-electron chi connectivity index (χ0n) is 18.8. The smallest absolute Gasteiger partial charge is 0.460 e. The van der Waals surface area contributed by atoms with Crippen LogP contribution < -0.4 is 19.7 Å². The molecule has 7 heteroatoms. The highest BCUT2D eigenvalue weighted by Gasteiger charge is 2.56. The molecule has 2 aromatic carbocycles. The van der Waals surface area contributed by atoms with Gasteiger partial charge in [-0.2, -0.15) is 0 Å². The van der Waals surface area contributed by atoms with E-state index in [0.717, 1.165) is 35.6 Å². The maximum absolute atomic E-state index is 14.1. The fourth-order valence-corrected chi connectivity index (χ4v) is 4.42. The average molecular weight is 488 g/mol. The summed E-state index contributed by atoms with van der Waals surface area (Å²) in [6, 6.07) is 13.5. The highest BCUT2D eigenvalue weighted by Crippen LogP contribution is 2.45. The molecular formula is C24H31BBrNO4. The predicted molar refractivity (Wildman–Crippen MR) is 129 cm³/mol. The Kier molecular flexibility index (Phi) is 8.06. The Morgan fingerprint density at radius 3 is 2.00 bits per heavy atom. The monoisotopic (exact) mass is 487 g/mol. The Morgan fingerprint density at radius 2 is 1.52 bits per heavy atom. The van der Waals surface area contributed by atoms with E-state index in [1.54, 1.807) is 19.0 Å². The van der Waals surface area contributed by atoms with Gasteiger partial charge in [0, 0.05) is 4.47 Å². The summed E-state index contributed by atoms with van der Waals surface area (Å²) in [6.45, 7) is 4.28. The Bertz CT molecular complexity index is 859. The zero-order chi connectivity index (χ0) is 22.4. The number of anilines is 1. The van der Waals surface area contributed by atoms with Crippen molar-refractivity contribution in [3.05, 3.63) is 46.9 Å². The quantitative estimate of drug-likeness (QED) is 0.424. The van der Waals surface area contributed by atoms with Gasteiger partial charge in [-0.05, 0) is 42.6 Å². The van der Waals surface area contributed by atoms with Gasteiger partial charge < -0.3 is 18.9 Å². The van der Waals surface area contributed by atoms with Gasteiger partial charge in [-0.3, -0.25) is 4.79 Å². The number of ether oxygens (including phenoxy) is 2. The van der Waals surface area contributed by atoms with E-state index in [4.69, 9.17) is 14.1 Å². The molecule has 5 nitrogen and oxygen atoms in total. The van der Waals surface area contributed by atoms with Crippen molar-refractivity contribution in [3.63, 3.8) is 0 Å². The van der Waals surface area contributed by atoms with Crippen LogP contribution in [0.15, 0.2) is 46.9 Å². The molecule has 2 aromatic rings. The van der Waals surface area contributed by atoms with Gasteiger partial charge in [0.15, 0.2) is 0 Å². The summed E-state index contributed by atoms with van der Waals surface area (Å²) in [5.74, 6) is 1.14. The van der Waals surface area contributed by atoms with E-state index >= 15 is 0 Å². The number of unbranched alkanes of at least 4 members (excludes halogenated alkanes) is 2. The van der Waals surface area contributed by atoms with E-state index in [0.29, 0.717) is 30.0 Å². The highest BCUT2D eigenvalue weighted by molar-refractivity contribution is 9.10. The molecule has 0 aromatic heterocycles. The molecule has 3 rings (SSSR count). The number of rotatable bonds is 10. The maximum atomic E-state index is 14.1. The molecule has 31 heavy (non-hydrogen) atoms. The molecule has 0 radical (unpaired) electrons. The van der Waals surface area contributed by atoms with Crippen LogP contribution in [0.4, 0.5) is 5.69 Å². The molecule has 1 heterocycles. The molecular weight excluding hydrogens is 457 g/mol. The van der Waals surface area contributed by atoms with Crippen LogP contribution in [0.1, 0.15) is 52.4 Å². The minimum absolute atomic E-state index is 0.0230. The third kappa shape index (κ3) is 4.77. The summed E-state index contributed by atoms with van der Waals surface area (Å²) >= 11 is 3.50. The molecule has 166 valence electrons. The Balaban J connectivity index is 2.17. The Hall–Kier alpha value is -1.99. The maximum Gasteiger partial charge on any atom is 0.460 e. The molecule has 1 aliphatic heterocycles. The Labute approximate surface area is 194 Å². The molecule has 0 saturated carbocycles. The first-order valence-corrected chi connectivity index (χ1v) is 11.8. The lowest BCUT2D eigenvalue weighted by molar-refractivity contribution is -0.130. The first kappa shape index (κ1) is 23.7.